The third kappa shape index (κ3) is 3.96. The van der Waals surface area contributed by atoms with Crippen LogP contribution in [0.2, 0.25) is 0 Å². The Morgan fingerprint density at radius 1 is 1.18 bits per heavy atom. The standard InChI is InChI=1S/C24H26N4O4S/c1-16-20(27-9-3-2-7-18(27)25-16)22(29)19-21(17-6-4-15-33-17)28(24(31)23(19)30)10-5-8-26-11-13-32-14-12-26/h2-4,6-7,9,15,21,29H,5,8,10-14H2,1H3/t21-/m1/s1. The normalized spacial score (nSPS) is 21.4. The van der Waals surface area contributed by atoms with E-state index in [9.17, 15) is 14.7 Å². The number of amides is 1. The molecule has 0 aromatic carbocycles. The number of rotatable bonds is 6. The summed E-state index contributed by atoms with van der Waals surface area (Å²) >= 11 is 1.48. The molecular weight excluding hydrogens is 440 g/mol. The van der Waals surface area contributed by atoms with E-state index in [-0.39, 0.29) is 11.3 Å². The fourth-order valence-corrected chi connectivity index (χ4v) is 5.51. The molecule has 0 spiro atoms. The van der Waals surface area contributed by atoms with E-state index in [1.807, 2.05) is 35.7 Å². The number of pyridine rings is 1. The number of nitrogens with zero attached hydrogens (tertiary/aromatic N) is 4. The maximum atomic E-state index is 13.2. The van der Waals surface area contributed by atoms with Crippen LogP contribution < -0.4 is 0 Å². The molecule has 5 rings (SSSR count). The molecule has 1 amide bonds. The van der Waals surface area contributed by atoms with Crippen molar-refractivity contribution in [1.29, 1.82) is 0 Å². The van der Waals surface area contributed by atoms with Gasteiger partial charge in [-0.15, -0.1) is 11.3 Å². The summed E-state index contributed by atoms with van der Waals surface area (Å²) in [7, 11) is 0. The zero-order valence-electron chi connectivity index (χ0n) is 18.4. The lowest BCUT2D eigenvalue weighted by Gasteiger charge is -2.28. The van der Waals surface area contributed by atoms with Crippen LogP contribution in [0.5, 0.6) is 0 Å². The summed E-state index contributed by atoms with van der Waals surface area (Å²) in [5, 5.41) is 13.3. The van der Waals surface area contributed by atoms with Gasteiger partial charge in [-0.05, 0) is 36.9 Å². The lowest BCUT2D eigenvalue weighted by molar-refractivity contribution is -0.140. The number of aryl methyl sites for hydroxylation is 1. The van der Waals surface area contributed by atoms with Gasteiger partial charge in [-0.1, -0.05) is 12.1 Å². The summed E-state index contributed by atoms with van der Waals surface area (Å²) in [6.45, 7) is 6.25. The van der Waals surface area contributed by atoms with E-state index in [1.54, 1.807) is 22.4 Å². The topological polar surface area (TPSA) is 87.4 Å². The summed E-state index contributed by atoms with van der Waals surface area (Å²) in [5.74, 6) is -1.40. The predicted molar refractivity (Wildman–Crippen MR) is 125 cm³/mol. The summed E-state index contributed by atoms with van der Waals surface area (Å²) in [4.78, 5) is 35.6. The van der Waals surface area contributed by atoms with E-state index < -0.39 is 17.7 Å². The fourth-order valence-electron chi connectivity index (χ4n) is 4.67. The number of hydrogen-bond donors (Lipinski definition) is 1. The maximum Gasteiger partial charge on any atom is 0.295 e. The Hall–Kier alpha value is -3.01. The van der Waals surface area contributed by atoms with E-state index >= 15 is 0 Å². The SMILES string of the molecule is Cc1nc2ccccn2c1C(O)=C1C(=O)C(=O)N(CCCN2CCOCC2)[C@@H]1c1cccs1. The van der Waals surface area contributed by atoms with Gasteiger partial charge in [0.05, 0.1) is 30.5 Å². The second-order valence-corrected chi connectivity index (χ2v) is 9.27. The molecule has 0 aliphatic carbocycles. The first-order chi connectivity index (χ1) is 16.1. The van der Waals surface area contributed by atoms with Crippen LogP contribution in [0.1, 0.15) is 28.7 Å². The number of thiophene rings is 1. The highest BCUT2D eigenvalue weighted by Gasteiger charge is 2.46. The van der Waals surface area contributed by atoms with Crippen LogP contribution >= 0.6 is 11.3 Å². The summed E-state index contributed by atoms with van der Waals surface area (Å²) in [6.07, 6.45) is 2.53. The van der Waals surface area contributed by atoms with E-state index in [0.29, 0.717) is 23.6 Å². The van der Waals surface area contributed by atoms with Crippen LogP contribution in [-0.4, -0.2) is 75.4 Å². The van der Waals surface area contributed by atoms with Crippen molar-refractivity contribution in [2.24, 2.45) is 0 Å². The lowest BCUT2D eigenvalue weighted by atomic mass is 10.0. The van der Waals surface area contributed by atoms with Gasteiger partial charge in [0.2, 0.25) is 0 Å². The van der Waals surface area contributed by atoms with Gasteiger partial charge in [-0.25, -0.2) is 4.98 Å². The van der Waals surface area contributed by atoms with Gasteiger partial charge in [0.1, 0.15) is 11.3 Å². The van der Waals surface area contributed by atoms with Gasteiger partial charge in [0.25, 0.3) is 11.7 Å². The van der Waals surface area contributed by atoms with Gasteiger partial charge < -0.3 is 14.7 Å². The molecule has 2 aliphatic heterocycles. The fraction of sp³-hybridized carbons (Fsp3) is 0.375. The lowest BCUT2D eigenvalue weighted by Crippen LogP contribution is -2.38. The number of carbonyl (C=O) groups excluding carboxylic acids is 2. The third-order valence-electron chi connectivity index (χ3n) is 6.26. The van der Waals surface area contributed by atoms with Crippen molar-refractivity contribution in [3.05, 3.63) is 63.7 Å². The number of carbonyl (C=O) groups is 2. The van der Waals surface area contributed by atoms with Crippen LogP contribution in [0, 0.1) is 6.92 Å². The van der Waals surface area contributed by atoms with Crippen LogP contribution in [0.25, 0.3) is 11.4 Å². The van der Waals surface area contributed by atoms with Crippen molar-refractivity contribution in [2.75, 3.05) is 39.4 Å². The van der Waals surface area contributed by atoms with Crippen molar-refractivity contribution in [3.63, 3.8) is 0 Å². The molecule has 9 heteroatoms. The third-order valence-corrected chi connectivity index (χ3v) is 7.18. The van der Waals surface area contributed by atoms with Crippen molar-refractivity contribution >= 4 is 34.4 Å². The minimum atomic E-state index is -0.650. The summed E-state index contributed by atoms with van der Waals surface area (Å²) < 4.78 is 7.15. The summed E-state index contributed by atoms with van der Waals surface area (Å²) in [6, 6.07) is 8.74. The number of ether oxygens (including phenoxy) is 1. The highest BCUT2D eigenvalue weighted by Crippen LogP contribution is 2.41. The molecule has 0 radical (unpaired) electrons. The van der Waals surface area contributed by atoms with Gasteiger partial charge in [0.15, 0.2) is 5.76 Å². The van der Waals surface area contributed by atoms with Gasteiger partial charge in [0, 0.05) is 37.3 Å². The number of morpholine rings is 1. The second-order valence-electron chi connectivity index (χ2n) is 8.29. The molecule has 0 saturated carbocycles. The largest absolute Gasteiger partial charge is 0.505 e. The molecule has 33 heavy (non-hydrogen) atoms. The Morgan fingerprint density at radius 3 is 2.76 bits per heavy atom. The molecule has 1 N–H and O–H groups in total. The minimum absolute atomic E-state index is 0.127. The molecule has 3 aromatic rings. The zero-order chi connectivity index (χ0) is 22.9. The number of Topliss-reactive ketones (excluding diaryl/α,β-unsaturated/α-hetero) is 1. The molecule has 1 atom stereocenters. The van der Waals surface area contributed by atoms with Crippen LogP contribution in [-0.2, 0) is 14.3 Å². The first-order valence-corrected chi connectivity index (χ1v) is 12.0. The van der Waals surface area contributed by atoms with E-state index in [4.69, 9.17) is 4.74 Å². The van der Waals surface area contributed by atoms with E-state index in [1.165, 1.54) is 11.3 Å². The Bertz CT molecular complexity index is 1210. The van der Waals surface area contributed by atoms with Crippen LogP contribution in [0.4, 0.5) is 0 Å². The smallest absolute Gasteiger partial charge is 0.295 e. The highest BCUT2D eigenvalue weighted by molar-refractivity contribution is 7.10. The molecule has 3 aromatic heterocycles. The number of aromatic nitrogens is 2. The average Bonchev–Trinajstić information content (AvgIpc) is 3.52. The number of hydrogen-bond acceptors (Lipinski definition) is 7. The number of fused-ring (bicyclic) bond motifs is 1. The van der Waals surface area contributed by atoms with Crippen LogP contribution in [0.3, 0.4) is 0 Å². The molecule has 172 valence electrons. The monoisotopic (exact) mass is 466 g/mol. The molecule has 2 aliphatic rings. The molecular formula is C24H26N4O4S. The van der Waals surface area contributed by atoms with Gasteiger partial charge >= 0.3 is 0 Å². The molecule has 2 saturated heterocycles. The van der Waals surface area contributed by atoms with E-state index in [0.717, 1.165) is 44.1 Å². The Kier molecular flexibility index (Phi) is 6.01. The average molecular weight is 467 g/mol. The van der Waals surface area contributed by atoms with Gasteiger partial charge in [-0.3, -0.25) is 18.9 Å². The second kappa shape index (κ2) is 9.09. The van der Waals surface area contributed by atoms with E-state index in [2.05, 4.69) is 9.88 Å². The van der Waals surface area contributed by atoms with Crippen LogP contribution in [0.15, 0.2) is 47.5 Å². The Labute approximate surface area is 195 Å². The van der Waals surface area contributed by atoms with Crippen molar-refractivity contribution < 1.29 is 19.4 Å². The summed E-state index contributed by atoms with van der Waals surface area (Å²) in [5.41, 5.74) is 1.84. The zero-order valence-corrected chi connectivity index (χ0v) is 19.3. The van der Waals surface area contributed by atoms with Crippen molar-refractivity contribution in [3.8, 4) is 0 Å². The molecule has 0 unspecified atom stereocenters. The number of aliphatic hydroxyl groups excluding tert-OH is 1. The predicted octanol–water partition coefficient (Wildman–Crippen LogP) is 2.85. The Morgan fingerprint density at radius 2 is 2.00 bits per heavy atom. The number of likely N-dealkylation sites (tertiary alicyclic amines) is 1. The number of aliphatic hydroxyl groups is 1. The quantitative estimate of drug-likeness (QED) is 0.342. The number of ketones is 1. The minimum Gasteiger partial charge on any atom is -0.505 e. The maximum absolute atomic E-state index is 13.2. The highest BCUT2D eigenvalue weighted by atomic mass is 32.1. The molecule has 8 nitrogen and oxygen atoms in total. The van der Waals surface area contributed by atoms with Crippen molar-refractivity contribution in [1.82, 2.24) is 19.2 Å². The first kappa shape index (κ1) is 21.8. The molecule has 5 heterocycles. The first-order valence-electron chi connectivity index (χ1n) is 11.1. The Balaban J connectivity index is 1.51. The van der Waals surface area contributed by atoms with Crippen molar-refractivity contribution in [2.45, 2.75) is 19.4 Å². The molecule has 0 bridgehead atoms. The molecule has 2 fully saturated rings. The van der Waals surface area contributed by atoms with Gasteiger partial charge in [-0.2, -0.15) is 0 Å². The number of imidazole rings is 1.